The van der Waals surface area contributed by atoms with Crippen LogP contribution in [-0.4, -0.2) is 18.0 Å². The van der Waals surface area contributed by atoms with Gasteiger partial charge in [0.1, 0.15) is 0 Å². The third-order valence-corrected chi connectivity index (χ3v) is 6.14. The first-order valence-corrected chi connectivity index (χ1v) is 8.08. The summed E-state index contributed by atoms with van der Waals surface area (Å²) in [6.45, 7) is 4.19. The zero-order chi connectivity index (χ0) is 13.6. The molecule has 4 rings (SSSR count). The lowest BCUT2D eigenvalue weighted by atomic mass is 9.48. The number of nitrogens with two attached hydrogens (primary N) is 1. The van der Waals surface area contributed by atoms with E-state index < -0.39 is 0 Å². The van der Waals surface area contributed by atoms with Crippen molar-refractivity contribution in [1.29, 1.82) is 0 Å². The molecule has 4 aliphatic rings. The van der Waals surface area contributed by atoms with Crippen LogP contribution in [0.25, 0.3) is 0 Å². The van der Waals surface area contributed by atoms with Gasteiger partial charge < -0.3 is 11.1 Å². The number of amides is 1. The highest BCUT2D eigenvalue weighted by Gasteiger charge is 2.53. The summed E-state index contributed by atoms with van der Waals surface area (Å²) in [5.41, 5.74) is 6.23. The van der Waals surface area contributed by atoms with E-state index in [0.717, 1.165) is 24.2 Å². The largest absolute Gasteiger partial charge is 0.352 e. The maximum atomic E-state index is 12.0. The Hall–Kier alpha value is -0.570. The molecule has 0 spiro atoms. The second kappa shape index (κ2) is 4.76. The minimum atomic E-state index is -0.337. The van der Waals surface area contributed by atoms with E-state index in [-0.39, 0.29) is 11.9 Å². The molecule has 0 aromatic carbocycles. The van der Waals surface area contributed by atoms with Crippen molar-refractivity contribution < 1.29 is 4.79 Å². The fraction of sp³-hybridized carbons (Fsp3) is 0.938. The Morgan fingerprint density at radius 2 is 1.68 bits per heavy atom. The SMILES string of the molecule is CCC(N)C(=O)NC(C)C12CC3CC(CC(C3)C1)C2. The quantitative estimate of drug-likeness (QED) is 0.819. The van der Waals surface area contributed by atoms with Gasteiger partial charge in [0.2, 0.25) is 5.91 Å². The predicted molar refractivity (Wildman–Crippen MR) is 76.5 cm³/mol. The molecule has 3 nitrogen and oxygen atoms in total. The molecule has 0 saturated heterocycles. The molecule has 4 saturated carbocycles. The molecule has 2 unspecified atom stereocenters. The van der Waals surface area contributed by atoms with Crippen LogP contribution in [0.4, 0.5) is 0 Å². The predicted octanol–water partition coefficient (Wildman–Crippen LogP) is 2.44. The number of hydrogen-bond donors (Lipinski definition) is 2. The zero-order valence-electron chi connectivity index (χ0n) is 12.3. The molecule has 0 aromatic rings. The lowest BCUT2D eigenvalue weighted by Gasteiger charge is -2.59. The van der Waals surface area contributed by atoms with E-state index in [1.54, 1.807) is 0 Å². The molecule has 19 heavy (non-hydrogen) atoms. The van der Waals surface area contributed by atoms with E-state index in [2.05, 4.69) is 12.2 Å². The first-order chi connectivity index (χ1) is 9.02. The molecule has 3 N–H and O–H groups in total. The summed E-state index contributed by atoms with van der Waals surface area (Å²) in [6.07, 6.45) is 9.09. The molecule has 2 atom stereocenters. The summed E-state index contributed by atoms with van der Waals surface area (Å²) in [5.74, 6) is 2.85. The molecule has 0 radical (unpaired) electrons. The molecular weight excluding hydrogens is 236 g/mol. The normalized spacial score (nSPS) is 43.0. The van der Waals surface area contributed by atoms with Crippen LogP contribution < -0.4 is 11.1 Å². The number of hydrogen-bond acceptors (Lipinski definition) is 2. The van der Waals surface area contributed by atoms with Crippen LogP contribution in [0.2, 0.25) is 0 Å². The molecule has 4 fully saturated rings. The van der Waals surface area contributed by atoms with Crippen molar-refractivity contribution in [3.05, 3.63) is 0 Å². The van der Waals surface area contributed by atoms with Crippen LogP contribution in [0.5, 0.6) is 0 Å². The van der Waals surface area contributed by atoms with Crippen molar-refractivity contribution in [3.63, 3.8) is 0 Å². The highest BCUT2D eigenvalue weighted by molar-refractivity contribution is 5.81. The van der Waals surface area contributed by atoms with E-state index in [1.807, 2.05) is 6.92 Å². The standard InChI is InChI=1S/C16H28N2O/c1-3-14(17)15(19)18-10(2)16-7-11-4-12(8-16)6-13(5-11)9-16/h10-14H,3-9,17H2,1-2H3,(H,18,19). The van der Waals surface area contributed by atoms with E-state index in [4.69, 9.17) is 5.73 Å². The van der Waals surface area contributed by atoms with E-state index in [9.17, 15) is 4.79 Å². The van der Waals surface area contributed by atoms with Crippen LogP contribution in [0.1, 0.15) is 58.8 Å². The third kappa shape index (κ3) is 2.31. The van der Waals surface area contributed by atoms with Gasteiger partial charge in [-0.15, -0.1) is 0 Å². The Morgan fingerprint density at radius 3 is 2.11 bits per heavy atom. The van der Waals surface area contributed by atoms with Crippen LogP contribution in [-0.2, 0) is 4.79 Å². The summed E-state index contributed by atoms with van der Waals surface area (Å²) in [7, 11) is 0. The van der Waals surface area contributed by atoms with Gasteiger partial charge in [-0.3, -0.25) is 4.79 Å². The van der Waals surface area contributed by atoms with Crippen LogP contribution >= 0.6 is 0 Å². The second-order valence-corrected chi connectivity index (χ2v) is 7.52. The number of carbonyl (C=O) groups excluding carboxylic acids is 1. The van der Waals surface area contributed by atoms with Crippen molar-refractivity contribution >= 4 is 5.91 Å². The van der Waals surface area contributed by atoms with Crippen molar-refractivity contribution in [2.24, 2.45) is 28.9 Å². The second-order valence-electron chi connectivity index (χ2n) is 7.52. The van der Waals surface area contributed by atoms with Crippen molar-refractivity contribution in [3.8, 4) is 0 Å². The number of carbonyl (C=O) groups is 1. The van der Waals surface area contributed by atoms with Gasteiger partial charge in [0.15, 0.2) is 0 Å². The lowest BCUT2D eigenvalue weighted by Crippen LogP contribution is -2.57. The lowest BCUT2D eigenvalue weighted by molar-refractivity contribution is -0.127. The van der Waals surface area contributed by atoms with Gasteiger partial charge in [-0.25, -0.2) is 0 Å². The van der Waals surface area contributed by atoms with Crippen LogP contribution in [0.3, 0.4) is 0 Å². The summed E-state index contributed by atoms with van der Waals surface area (Å²) in [6, 6.07) is -0.0395. The topological polar surface area (TPSA) is 55.1 Å². The summed E-state index contributed by atoms with van der Waals surface area (Å²) < 4.78 is 0. The Kier molecular flexibility index (Phi) is 3.36. The van der Waals surface area contributed by atoms with Gasteiger partial charge in [0.05, 0.1) is 6.04 Å². The zero-order valence-corrected chi connectivity index (χ0v) is 12.3. The molecule has 4 bridgehead atoms. The Labute approximate surface area is 116 Å². The maximum absolute atomic E-state index is 12.0. The highest BCUT2D eigenvalue weighted by atomic mass is 16.2. The Balaban J connectivity index is 1.69. The maximum Gasteiger partial charge on any atom is 0.237 e. The average Bonchev–Trinajstić information content (AvgIpc) is 2.36. The van der Waals surface area contributed by atoms with Crippen LogP contribution in [0, 0.1) is 23.2 Å². The Morgan fingerprint density at radius 1 is 1.21 bits per heavy atom. The molecule has 108 valence electrons. The molecular formula is C16H28N2O. The monoisotopic (exact) mass is 264 g/mol. The first-order valence-electron chi connectivity index (χ1n) is 8.08. The minimum absolute atomic E-state index is 0.0470. The van der Waals surface area contributed by atoms with Gasteiger partial charge in [-0.2, -0.15) is 0 Å². The minimum Gasteiger partial charge on any atom is -0.352 e. The van der Waals surface area contributed by atoms with Gasteiger partial charge in [0.25, 0.3) is 0 Å². The highest BCUT2D eigenvalue weighted by Crippen LogP contribution is 2.61. The van der Waals surface area contributed by atoms with Gasteiger partial charge in [-0.1, -0.05) is 6.92 Å². The fourth-order valence-corrected chi connectivity index (χ4v) is 5.37. The molecule has 3 heteroatoms. The number of nitrogens with one attached hydrogen (secondary N) is 1. The molecule has 4 aliphatic carbocycles. The summed E-state index contributed by atoms with van der Waals surface area (Å²) in [5, 5.41) is 3.22. The molecule has 1 amide bonds. The van der Waals surface area contributed by atoms with Crippen molar-refractivity contribution in [2.45, 2.75) is 70.9 Å². The average molecular weight is 264 g/mol. The van der Waals surface area contributed by atoms with Gasteiger partial charge in [0, 0.05) is 6.04 Å². The van der Waals surface area contributed by atoms with Gasteiger partial charge >= 0.3 is 0 Å². The Bertz CT molecular complexity index is 330. The van der Waals surface area contributed by atoms with Gasteiger partial charge in [-0.05, 0) is 75.0 Å². The van der Waals surface area contributed by atoms with E-state index >= 15 is 0 Å². The van der Waals surface area contributed by atoms with Crippen LogP contribution in [0.15, 0.2) is 0 Å². The number of rotatable bonds is 4. The summed E-state index contributed by atoms with van der Waals surface area (Å²) >= 11 is 0. The smallest absolute Gasteiger partial charge is 0.237 e. The summed E-state index contributed by atoms with van der Waals surface area (Å²) in [4.78, 5) is 12.0. The first kappa shape index (κ1) is 13.4. The molecule has 0 aliphatic heterocycles. The fourth-order valence-electron chi connectivity index (χ4n) is 5.37. The van der Waals surface area contributed by atoms with Crippen molar-refractivity contribution in [2.75, 3.05) is 0 Å². The third-order valence-electron chi connectivity index (χ3n) is 6.14. The molecule has 0 heterocycles. The van der Waals surface area contributed by atoms with Crippen molar-refractivity contribution in [1.82, 2.24) is 5.32 Å². The molecule has 0 aromatic heterocycles. The van der Waals surface area contributed by atoms with E-state index in [0.29, 0.717) is 11.5 Å². The van der Waals surface area contributed by atoms with E-state index in [1.165, 1.54) is 38.5 Å².